The van der Waals surface area contributed by atoms with Gasteiger partial charge in [0.25, 0.3) is 11.8 Å². The minimum atomic E-state index is -3.31. The number of halogens is 4. The predicted molar refractivity (Wildman–Crippen MR) is 106 cm³/mol. The third-order valence-corrected chi connectivity index (χ3v) is 5.38. The summed E-state index contributed by atoms with van der Waals surface area (Å²) in [6.07, 6.45) is -2.49. The van der Waals surface area contributed by atoms with Crippen molar-refractivity contribution in [1.29, 1.82) is 0 Å². The minimum absolute atomic E-state index is 0.0674. The van der Waals surface area contributed by atoms with E-state index in [1.54, 1.807) is 5.43 Å². The van der Waals surface area contributed by atoms with Crippen LogP contribution in [0.1, 0.15) is 32.8 Å². The van der Waals surface area contributed by atoms with Crippen molar-refractivity contribution in [1.82, 2.24) is 20.7 Å². The number of amides is 3. The third kappa shape index (κ3) is 4.78. The molecule has 2 aliphatic heterocycles. The zero-order chi connectivity index (χ0) is 24.4. The highest BCUT2D eigenvalue weighted by Crippen LogP contribution is 2.30. The van der Waals surface area contributed by atoms with Gasteiger partial charge >= 0.3 is 12.3 Å². The molecule has 1 fully saturated rings. The Balaban J connectivity index is 1.49. The fourth-order valence-electron chi connectivity index (χ4n) is 3.69. The lowest BCUT2D eigenvalue weighted by Gasteiger charge is -2.37. The van der Waals surface area contributed by atoms with E-state index < -0.39 is 47.9 Å². The highest BCUT2D eigenvalue weighted by Gasteiger charge is 2.41. The molecule has 2 aromatic rings. The van der Waals surface area contributed by atoms with Crippen LogP contribution >= 0.6 is 0 Å². The van der Waals surface area contributed by atoms with E-state index in [-0.39, 0.29) is 30.0 Å². The quantitative estimate of drug-likeness (QED) is 0.495. The average Bonchev–Trinajstić information content (AvgIpc) is 3.15. The molecule has 0 spiro atoms. The second kappa shape index (κ2) is 9.63. The Hall–Kier alpha value is -3.74. The molecule has 13 heteroatoms. The number of alkyl halides is 2. The maximum Gasteiger partial charge on any atom is 0.317 e. The van der Waals surface area contributed by atoms with E-state index in [0.29, 0.717) is 24.8 Å². The molecule has 2 N–H and O–H groups in total. The zero-order valence-corrected chi connectivity index (χ0v) is 17.4. The maximum absolute atomic E-state index is 14.1. The minimum Gasteiger partial charge on any atom is -0.485 e. The smallest absolute Gasteiger partial charge is 0.317 e. The number of carbonyl (C=O) groups excluding carboxylic acids is 3. The number of fused-ring (bicyclic) bond motifs is 1. The summed E-state index contributed by atoms with van der Waals surface area (Å²) < 4.78 is 63.0. The van der Waals surface area contributed by atoms with Crippen LogP contribution in [0.4, 0.5) is 17.6 Å². The summed E-state index contributed by atoms with van der Waals surface area (Å²) >= 11 is 0. The summed E-state index contributed by atoms with van der Waals surface area (Å²) in [7, 11) is 0. The number of rotatable bonds is 5. The van der Waals surface area contributed by atoms with E-state index in [1.165, 1.54) is 11.0 Å². The van der Waals surface area contributed by atoms with Gasteiger partial charge in [0.05, 0.1) is 42.6 Å². The van der Waals surface area contributed by atoms with Crippen molar-refractivity contribution in [2.45, 2.75) is 31.5 Å². The molecule has 3 heterocycles. The first-order valence-corrected chi connectivity index (χ1v) is 10.1. The number of hydrogen-bond donors (Lipinski definition) is 2. The SMILES string of the molecule is O=C(NNC(=O)C(F)F)c1cnc2c(c1)C(=O)N([C@@H]1COCC[C@H]1Oc1ccc(F)cc1F)C2. The first-order chi connectivity index (χ1) is 16.2. The van der Waals surface area contributed by atoms with Gasteiger partial charge in [-0.25, -0.2) is 8.78 Å². The van der Waals surface area contributed by atoms with Gasteiger partial charge < -0.3 is 14.4 Å². The highest BCUT2D eigenvalue weighted by molar-refractivity contribution is 6.02. The number of aromatic nitrogens is 1. The van der Waals surface area contributed by atoms with Crippen molar-refractivity contribution in [2.75, 3.05) is 13.2 Å². The predicted octanol–water partition coefficient (Wildman–Crippen LogP) is 1.58. The van der Waals surface area contributed by atoms with Gasteiger partial charge in [-0.3, -0.25) is 30.2 Å². The molecule has 0 radical (unpaired) electrons. The molecular formula is C21H18F4N4O5. The summed E-state index contributed by atoms with van der Waals surface area (Å²) in [6, 6.07) is 3.53. The highest BCUT2D eigenvalue weighted by atomic mass is 19.3. The summed E-state index contributed by atoms with van der Waals surface area (Å²) in [4.78, 5) is 41.7. The number of ether oxygens (including phenoxy) is 2. The first-order valence-electron chi connectivity index (χ1n) is 10.1. The first kappa shape index (κ1) is 23.4. The van der Waals surface area contributed by atoms with E-state index >= 15 is 0 Å². The molecule has 180 valence electrons. The Morgan fingerprint density at radius 1 is 1.21 bits per heavy atom. The van der Waals surface area contributed by atoms with Crippen LogP contribution in [0.15, 0.2) is 30.5 Å². The molecule has 2 aliphatic rings. The monoisotopic (exact) mass is 482 g/mol. The topological polar surface area (TPSA) is 110 Å². The summed E-state index contributed by atoms with van der Waals surface area (Å²) in [5.41, 5.74) is 3.70. The van der Waals surface area contributed by atoms with Crippen molar-refractivity contribution in [3.05, 3.63) is 58.9 Å². The van der Waals surface area contributed by atoms with Crippen LogP contribution in [0.2, 0.25) is 0 Å². The lowest BCUT2D eigenvalue weighted by atomic mass is 10.0. The fourth-order valence-corrected chi connectivity index (χ4v) is 3.69. The molecule has 1 aromatic carbocycles. The van der Waals surface area contributed by atoms with E-state index in [9.17, 15) is 31.9 Å². The number of hydrazine groups is 1. The van der Waals surface area contributed by atoms with E-state index in [4.69, 9.17) is 9.47 Å². The third-order valence-electron chi connectivity index (χ3n) is 5.38. The molecule has 0 unspecified atom stereocenters. The number of nitrogens with zero attached hydrogens (tertiary/aromatic N) is 2. The molecule has 0 bridgehead atoms. The van der Waals surface area contributed by atoms with Crippen LogP contribution in [0.25, 0.3) is 0 Å². The second-order valence-corrected chi connectivity index (χ2v) is 7.56. The van der Waals surface area contributed by atoms with Gasteiger partial charge in [0.15, 0.2) is 11.6 Å². The van der Waals surface area contributed by atoms with Crippen molar-refractivity contribution in [3.8, 4) is 5.75 Å². The molecule has 9 nitrogen and oxygen atoms in total. The van der Waals surface area contributed by atoms with Crippen molar-refractivity contribution in [2.24, 2.45) is 0 Å². The van der Waals surface area contributed by atoms with Crippen molar-refractivity contribution in [3.63, 3.8) is 0 Å². The van der Waals surface area contributed by atoms with Crippen LogP contribution in [0.5, 0.6) is 5.75 Å². The molecule has 4 rings (SSSR count). The Labute approximate surface area is 190 Å². The van der Waals surface area contributed by atoms with Crippen LogP contribution in [-0.4, -0.2) is 59.4 Å². The molecule has 0 aliphatic carbocycles. The standard InChI is InChI=1S/C21H18F4N4O5/c22-11-1-2-16(13(23)6-11)34-17-3-4-33-9-15(17)29-8-14-12(21(29)32)5-10(7-26-14)19(30)27-28-20(31)18(24)25/h1-2,5-7,15,17-18H,3-4,8-9H2,(H,27,30)(H,28,31)/t15-,17-/m1/s1. The van der Waals surface area contributed by atoms with E-state index in [2.05, 4.69) is 4.98 Å². The Kier molecular flexibility index (Phi) is 6.63. The van der Waals surface area contributed by atoms with Crippen LogP contribution in [0.3, 0.4) is 0 Å². The molecule has 2 atom stereocenters. The molecular weight excluding hydrogens is 464 g/mol. The Morgan fingerprint density at radius 2 is 2.00 bits per heavy atom. The number of carbonyl (C=O) groups is 3. The second-order valence-electron chi connectivity index (χ2n) is 7.56. The number of hydrogen-bond acceptors (Lipinski definition) is 6. The van der Waals surface area contributed by atoms with Gasteiger partial charge in [-0.05, 0) is 18.2 Å². The van der Waals surface area contributed by atoms with Gasteiger partial charge in [0.2, 0.25) is 0 Å². The van der Waals surface area contributed by atoms with Crippen molar-refractivity contribution < 1.29 is 41.4 Å². The van der Waals surface area contributed by atoms with Gasteiger partial charge in [-0.2, -0.15) is 8.78 Å². The van der Waals surface area contributed by atoms with Crippen LogP contribution in [0, 0.1) is 11.6 Å². The zero-order valence-electron chi connectivity index (χ0n) is 17.4. The summed E-state index contributed by atoms with van der Waals surface area (Å²) in [5, 5.41) is 0. The average molecular weight is 482 g/mol. The molecule has 3 amide bonds. The fraction of sp³-hybridized carbons (Fsp3) is 0.333. The van der Waals surface area contributed by atoms with Crippen molar-refractivity contribution >= 4 is 17.7 Å². The van der Waals surface area contributed by atoms with E-state index in [0.717, 1.165) is 18.3 Å². The summed E-state index contributed by atoms with van der Waals surface area (Å²) in [6.45, 7) is 0.476. The summed E-state index contributed by atoms with van der Waals surface area (Å²) in [5.74, 6) is -4.91. The Bertz CT molecular complexity index is 1130. The normalized spacial score (nSPS) is 19.7. The number of pyridine rings is 1. The lowest BCUT2D eigenvalue weighted by molar-refractivity contribution is -0.132. The largest absolute Gasteiger partial charge is 0.485 e. The number of nitrogens with one attached hydrogen (secondary N) is 2. The van der Waals surface area contributed by atoms with Crippen LogP contribution < -0.4 is 15.6 Å². The van der Waals surface area contributed by atoms with E-state index in [1.807, 2.05) is 5.43 Å². The van der Waals surface area contributed by atoms with Gasteiger partial charge in [-0.1, -0.05) is 0 Å². The lowest BCUT2D eigenvalue weighted by Crippen LogP contribution is -2.52. The Morgan fingerprint density at radius 3 is 2.74 bits per heavy atom. The molecule has 1 saturated heterocycles. The van der Waals surface area contributed by atoms with Gasteiger partial charge in [-0.15, -0.1) is 0 Å². The van der Waals surface area contributed by atoms with Gasteiger partial charge in [0.1, 0.15) is 11.9 Å². The molecule has 1 aromatic heterocycles. The number of benzene rings is 1. The van der Waals surface area contributed by atoms with Gasteiger partial charge in [0, 0.05) is 18.7 Å². The maximum atomic E-state index is 14.1. The molecule has 0 saturated carbocycles. The molecule has 34 heavy (non-hydrogen) atoms. The van der Waals surface area contributed by atoms with Crippen LogP contribution in [-0.2, 0) is 16.1 Å².